The van der Waals surface area contributed by atoms with E-state index in [1.807, 2.05) is 13.0 Å². The zero-order valence-electron chi connectivity index (χ0n) is 11.4. The predicted octanol–water partition coefficient (Wildman–Crippen LogP) is 3.40. The topological polar surface area (TPSA) is 87.4 Å². The van der Waals surface area contributed by atoms with Gasteiger partial charge >= 0.3 is 11.6 Å². The summed E-state index contributed by atoms with van der Waals surface area (Å²) in [4.78, 5) is 17.7. The molecule has 2 rings (SSSR count). The number of benzene rings is 1. The normalized spacial score (nSPS) is 10.2. The van der Waals surface area contributed by atoms with E-state index in [1.54, 1.807) is 12.1 Å². The summed E-state index contributed by atoms with van der Waals surface area (Å²) >= 11 is 5.71. The maximum absolute atomic E-state index is 11.0. The molecule has 110 valence electrons. The first kappa shape index (κ1) is 15.0. The number of rotatable bonds is 5. The number of halogens is 1. The number of methoxy groups -OCH3 is 1. The van der Waals surface area contributed by atoms with Crippen molar-refractivity contribution in [3.05, 3.63) is 45.4 Å². The molecular formula is C13H12ClN3O4. The van der Waals surface area contributed by atoms with Crippen LogP contribution in [-0.2, 0) is 6.42 Å². The number of aryl methyl sites for hydroxylation is 1. The molecule has 0 atom stereocenters. The number of hydrogen-bond acceptors (Lipinski definition) is 6. The molecule has 7 nitrogen and oxygen atoms in total. The van der Waals surface area contributed by atoms with Crippen LogP contribution in [0.15, 0.2) is 24.5 Å². The number of ether oxygens (including phenoxy) is 2. The Kier molecular flexibility index (Phi) is 4.54. The molecule has 0 saturated heterocycles. The van der Waals surface area contributed by atoms with Gasteiger partial charge in [-0.2, -0.15) is 4.98 Å². The monoisotopic (exact) mass is 309 g/mol. The highest BCUT2D eigenvalue weighted by Crippen LogP contribution is 2.37. The second-order valence-corrected chi connectivity index (χ2v) is 4.37. The fraction of sp³-hybridized carbons (Fsp3) is 0.231. The molecule has 0 saturated carbocycles. The molecule has 0 N–H and O–H groups in total. The molecule has 0 spiro atoms. The van der Waals surface area contributed by atoms with Crippen LogP contribution in [0.2, 0.25) is 5.15 Å². The molecule has 0 amide bonds. The second kappa shape index (κ2) is 6.36. The van der Waals surface area contributed by atoms with Crippen LogP contribution in [0.3, 0.4) is 0 Å². The minimum Gasteiger partial charge on any atom is -0.493 e. The predicted molar refractivity (Wildman–Crippen MR) is 76.1 cm³/mol. The van der Waals surface area contributed by atoms with Crippen molar-refractivity contribution in [3.63, 3.8) is 0 Å². The Morgan fingerprint density at radius 1 is 1.33 bits per heavy atom. The molecule has 8 heteroatoms. The highest BCUT2D eigenvalue weighted by Gasteiger charge is 2.24. The lowest BCUT2D eigenvalue weighted by Gasteiger charge is -2.11. The first-order valence-corrected chi connectivity index (χ1v) is 6.44. The van der Waals surface area contributed by atoms with Gasteiger partial charge < -0.3 is 9.47 Å². The van der Waals surface area contributed by atoms with E-state index in [2.05, 4.69) is 9.97 Å². The zero-order valence-corrected chi connectivity index (χ0v) is 12.1. The summed E-state index contributed by atoms with van der Waals surface area (Å²) in [6.45, 7) is 2.00. The van der Waals surface area contributed by atoms with Gasteiger partial charge in [-0.25, -0.2) is 4.98 Å². The maximum Gasteiger partial charge on any atom is 0.368 e. The molecule has 1 heterocycles. The smallest absolute Gasteiger partial charge is 0.368 e. The van der Waals surface area contributed by atoms with E-state index in [1.165, 1.54) is 7.11 Å². The standard InChI is InChI=1S/C13H12ClN3O4/c1-3-8-4-5-9(10(6-8)20-2)21-13-11(17(18)19)12(14)15-7-16-13/h4-7H,3H2,1-2H3. The van der Waals surface area contributed by atoms with Gasteiger partial charge in [-0.3, -0.25) is 10.1 Å². The van der Waals surface area contributed by atoms with Crippen LogP contribution in [0, 0.1) is 10.1 Å². The lowest BCUT2D eigenvalue weighted by atomic mass is 10.1. The molecule has 0 aliphatic heterocycles. The zero-order chi connectivity index (χ0) is 15.4. The van der Waals surface area contributed by atoms with Gasteiger partial charge in [0.15, 0.2) is 11.5 Å². The maximum atomic E-state index is 11.0. The summed E-state index contributed by atoms with van der Waals surface area (Å²) in [5, 5.41) is 10.7. The van der Waals surface area contributed by atoms with Gasteiger partial charge in [0.05, 0.1) is 12.0 Å². The fourth-order valence-electron chi connectivity index (χ4n) is 1.69. The van der Waals surface area contributed by atoms with Crippen LogP contribution >= 0.6 is 11.6 Å². The van der Waals surface area contributed by atoms with E-state index < -0.39 is 10.6 Å². The number of aromatic nitrogens is 2. The number of nitrogens with zero attached hydrogens (tertiary/aromatic N) is 3. The summed E-state index contributed by atoms with van der Waals surface area (Å²) in [6, 6.07) is 5.30. The molecule has 1 aromatic carbocycles. The van der Waals surface area contributed by atoms with Crippen molar-refractivity contribution >= 4 is 17.3 Å². The van der Waals surface area contributed by atoms with Crippen molar-refractivity contribution in [2.24, 2.45) is 0 Å². The average molecular weight is 310 g/mol. The van der Waals surface area contributed by atoms with E-state index in [0.717, 1.165) is 18.3 Å². The molecule has 1 aromatic heterocycles. The first-order chi connectivity index (χ1) is 10.1. The van der Waals surface area contributed by atoms with Crippen molar-refractivity contribution < 1.29 is 14.4 Å². The Morgan fingerprint density at radius 3 is 2.71 bits per heavy atom. The molecule has 0 aliphatic rings. The van der Waals surface area contributed by atoms with Gasteiger partial charge in [-0.05, 0) is 24.1 Å². The van der Waals surface area contributed by atoms with Crippen LogP contribution in [0.1, 0.15) is 12.5 Å². The van der Waals surface area contributed by atoms with Crippen molar-refractivity contribution in [3.8, 4) is 17.4 Å². The molecule has 2 aromatic rings. The van der Waals surface area contributed by atoms with Crippen LogP contribution in [0.4, 0.5) is 5.69 Å². The summed E-state index contributed by atoms with van der Waals surface area (Å²) in [7, 11) is 1.49. The van der Waals surface area contributed by atoms with Gasteiger partial charge in [-0.1, -0.05) is 24.6 Å². The molecule has 21 heavy (non-hydrogen) atoms. The van der Waals surface area contributed by atoms with Gasteiger partial charge in [0.2, 0.25) is 5.15 Å². The van der Waals surface area contributed by atoms with Crippen LogP contribution in [0.25, 0.3) is 0 Å². The Labute approximate surface area is 125 Å². The quantitative estimate of drug-likeness (QED) is 0.478. The van der Waals surface area contributed by atoms with E-state index in [-0.39, 0.29) is 11.0 Å². The summed E-state index contributed by atoms with van der Waals surface area (Å²) in [5.41, 5.74) is 0.565. The van der Waals surface area contributed by atoms with Crippen LogP contribution in [0.5, 0.6) is 17.4 Å². The molecule has 0 radical (unpaired) electrons. The van der Waals surface area contributed by atoms with Crippen LogP contribution < -0.4 is 9.47 Å². The Balaban J connectivity index is 2.43. The third-order valence-corrected chi connectivity index (χ3v) is 3.05. The van der Waals surface area contributed by atoms with E-state index >= 15 is 0 Å². The Morgan fingerprint density at radius 2 is 2.10 bits per heavy atom. The van der Waals surface area contributed by atoms with E-state index in [4.69, 9.17) is 21.1 Å². The summed E-state index contributed by atoms with van der Waals surface area (Å²) in [6.07, 6.45) is 1.92. The third kappa shape index (κ3) is 3.19. The van der Waals surface area contributed by atoms with Crippen molar-refractivity contribution in [2.75, 3.05) is 7.11 Å². The summed E-state index contributed by atoms with van der Waals surface area (Å²) < 4.78 is 10.7. The average Bonchev–Trinajstić information content (AvgIpc) is 2.47. The van der Waals surface area contributed by atoms with Crippen molar-refractivity contribution in [2.45, 2.75) is 13.3 Å². The molecule has 0 bridgehead atoms. The van der Waals surface area contributed by atoms with E-state index in [9.17, 15) is 10.1 Å². The largest absolute Gasteiger partial charge is 0.493 e. The van der Waals surface area contributed by atoms with Crippen molar-refractivity contribution in [1.82, 2.24) is 9.97 Å². The molecule has 0 unspecified atom stereocenters. The first-order valence-electron chi connectivity index (χ1n) is 6.06. The highest BCUT2D eigenvalue weighted by atomic mass is 35.5. The van der Waals surface area contributed by atoms with E-state index in [0.29, 0.717) is 11.5 Å². The summed E-state index contributed by atoms with van der Waals surface area (Å²) in [5.74, 6) is 0.536. The molecule has 0 fully saturated rings. The molecule has 0 aliphatic carbocycles. The lowest BCUT2D eigenvalue weighted by Crippen LogP contribution is -1.99. The minimum absolute atomic E-state index is 0.234. The van der Waals surface area contributed by atoms with Crippen molar-refractivity contribution in [1.29, 1.82) is 0 Å². The van der Waals surface area contributed by atoms with Gasteiger partial charge in [-0.15, -0.1) is 0 Å². The SMILES string of the molecule is CCc1ccc(Oc2ncnc(Cl)c2[N+](=O)[O-])c(OC)c1. The van der Waals surface area contributed by atoms with Gasteiger partial charge in [0, 0.05) is 0 Å². The number of nitro groups is 1. The fourth-order valence-corrected chi connectivity index (χ4v) is 1.88. The second-order valence-electron chi connectivity index (χ2n) is 4.02. The highest BCUT2D eigenvalue weighted by molar-refractivity contribution is 6.31. The minimum atomic E-state index is -0.690. The lowest BCUT2D eigenvalue weighted by molar-refractivity contribution is -0.386. The third-order valence-electron chi connectivity index (χ3n) is 2.77. The van der Waals surface area contributed by atoms with Crippen LogP contribution in [-0.4, -0.2) is 22.0 Å². The Bertz CT molecular complexity index is 678. The van der Waals surface area contributed by atoms with Gasteiger partial charge in [0.25, 0.3) is 0 Å². The van der Waals surface area contributed by atoms with Gasteiger partial charge in [0.1, 0.15) is 6.33 Å². The Hall–Kier alpha value is -2.41. The molecular weight excluding hydrogens is 298 g/mol. The number of hydrogen-bond donors (Lipinski definition) is 0.